The number of ketones is 1. The molecule has 0 aliphatic carbocycles. The quantitative estimate of drug-likeness (QED) is 0.793. The van der Waals surface area contributed by atoms with Crippen molar-refractivity contribution in [2.45, 2.75) is 6.92 Å². The van der Waals surface area contributed by atoms with Crippen molar-refractivity contribution in [2.24, 2.45) is 0 Å². The molecule has 2 aromatic carbocycles. The SMILES string of the molecule is COc1cccc(C(=O)c2ccc(C)cc2Cl)c1F. The van der Waals surface area contributed by atoms with Crippen LogP contribution in [0.2, 0.25) is 5.02 Å². The van der Waals surface area contributed by atoms with E-state index < -0.39 is 11.6 Å². The molecule has 0 saturated carbocycles. The van der Waals surface area contributed by atoms with Crippen LogP contribution < -0.4 is 4.74 Å². The van der Waals surface area contributed by atoms with Crippen LogP contribution in [-0.2, 0) is 0 Å². The van der Waals surface area contributed by atoms with Gasteiger partial charge in [-0.05, 0) is 36.8 Å². The average molecular weight is 279 g/mol. The lowest BCUT2D eigenvalue weighted by Crippen LogP contribution is -2.06. The highest BCUT2D eigenvalue weighted by Crippen LogP contribution is 2.25. The van der Waals surface area contributed by atoms with E-state index in [4.69, 9.17) is 16.3 Å². The minimum atomic E-state index is -0.674. The van der Waals surface area contributed by atoms with Gasteiger partial charge in [-0.1, -0.05) is 23.7 Å². The molecule has 0 radical (unpaired) electrons. The molecule has 0 spiro atoms. The highest BCUT2D eigenvalue weighted by Gasteiger charge is 2.19. The minimum absolute atomic E-state index is 0.0362. The highest BCUT2D eigenvalue weighted by atomic mass is 35.5. The number of carbonyl (C=O) groups excluding carboxylic acids is 1. The smallest absolute Gasteiger partial charge is 0.197 e. The average Bonchev–Trinajstić information content (AvgIpc) is 2.38. The molecule has 0 aliphatic rings. The molecule has 0 saturated heterocycles. The summed E-state index contributed by atoms with van der Waals surface area (Å²) in [5.41, 5.74) is 1.16. The van der Waals surface area contributed by atoms with Crippen molar-refractivity contribution in [3.05, 3.63) is 63.9 Å². The Labute approximate surface area is 115 Å². The lowest BCUT2D eigenvalue weighted by atomic mass is 10.0. The molecule has 98 valence electrons. The van der Waals surface area contributed by atoms with Crippen molar-refractivity contribution >= 4 is 17.4 Å². The Balaban J connectivity index is 2.50. The molecule has 0 unspecified atom stereocenters. The molecule has 0 fully saturated rings. The van der Waals surface area contributed by atoms with Crippen molar-refractivity contribution in [3.8, 4) is 5.75 Å². The Morgan fingerprint density at radius 3 is 2.58 bits per heavy atom. The zero-order chi connectivity index (χ0) is 14.0. The third-order valence-electron chi connectivity index (χ3n) is 2.80. The zero-order valence-corrected chi connectivity index (χ0v) is 11.3. The van der Waals surface area contributed by atoms with Gasteiger partial charge in [0.2, 0.25) is 0 Å². The second-order valence-corrected chi connectivity index (χ2v) is 4.54. The van der Waals surface area contributed by atoms with Crippen LogP contribution in [0.3, 0.4) is 0 Å². The van der Waals surface area contributed by atoms with Gasteiger partial charge in [0.05, 0.1) is 17.7 Å². The largest absolute Gasteiger partial charge is 0.494 e. The Morgan fingerprint density at radius 2 is 1.95 bits per heavy atom. The van der Waals surface area contributed by atoms with E-state index in [9.17, 15) is 9.18 Å². The first-order valence-electron chi connectivity index (χ1n) is 5.68. The van der Waals surface area contributed by atoms with E-state index in [1.54, 1.807) is 24.3 Å². The monoisotopic (exact) mass is 278 g/mol. The third-order valence-corrected chi connectivity index (χ3v) is 3.11. The molecule has 0 heterocycles. The van der Waals surface area contributed by atoms with E-state index in [0.717, 1.165) is 5.56 Å². The number of benzene rings is 2. The molecule has 2 aromatic rings. The van der Waals surface area contributed by atoms with Crippen molar-refractivity contribution in [3.63, 3.8) is 0 Å². The lowest BCUT2D eigenvalue weighted by Gasteiger charge is -2.08. The second kappa shape index (κ2) is 5.41. The topological polar surface area (TPSA) is 26.3 Å². The normalized spacial score (nSPS) is 10.3. The van der Waals surface area contributed by atoms with Crippen LogP contribution in [0.1, 0.15) is 21.5 Å². The number of carbonyl (C=O) groups is 1. The summed E-state index contributed by atoms with van der Waals surface area (Å²) in [7, 11) is 1.35. The Morgan fingerprint density at radius 1 is 1.21 bits per heavy atom. The standard InChI is InChI=1S/C15H12ClFO2/c1-9-6-7-10(12(16)8-9)15(18)11-4-3-5-13(19-2)14(11)17/h3-8H,1-2H3. The number of hydrogen-bond donors (Lipinski definition) is 0. The molecule has 0 amide bonds. The summed E-state index contributed by atoms with van der Waals surface area (Å²) < 4.78 is 18.9. The summed E-state index contributed by atoms with van der Waals surface area (Å²) in [6.07, 6.45) is 0. The van der Waals surface area contributed by atoms with Crippen LogP contribution in [0.5, 0.6) is 5.75 Å². The van der Waals surface area contributed by atoms with Crippen LogP contribution in [0.4, 0.5) is 4.39 Å². The van der Waals surface area contributed by atoms with Crippen LogP contribution in [0.25, 0.3) is 0 Å². The van der Waals surface area contributed by atoms with Gasteiger partial charge < -0.3 is 4.74 Å². The van der Waals surface area contributed by atoms with Gasteiger partial charge >= 0.3 is 0 Å². The number of hydrogen-bond acceptors (Lipinski definition) is 2. The maximum absolute atomic E-state index is 14.0. The van der Waals surface area contributed by atoms with Gasteiger partial charge in [-0.25, -0.2) is 4.39 Å². The number of ether oxygens (including phenoxy) is 1. The Kier molecular flexibility index (Phi) is 3.86. The number of halogens is 2. The summed E-state index contributed by atoms with van der Waals surface area (Å²) in [5, 5.41) is 0.312. The number of rotatable bonds is 3. The maximum Gasteiger partial charge on any atom is 0.197 e. The van der Waals surface area contributed by atoms with Crippen LogP contribution in [0, 0.1) is 12.7 Å². The number of methoxy groups -OCH3 is 1. The molecule has 0 aromatic heterocycles. The van der Waals surface area contributed by atoms with Gasteiger partial charge in [0.15, 0.2) is 17.3 Å². The first kappa shape index (κ1) is 13.6. The lowest BCUT2D eigenvalue weighted by molar-refractivity contribution is 0.103. The van der Waals surface area contributed by atoms with E-state index in [1.165, 1.54) is 19.2 Å². The van der Waals surface area contributed by atoms with Gasteiger partial charge in [0, 0.05) is 5.56 Å². The molecule has 4 heteroatoms. The van der Waals surface area contributed by atoms with Gasteiger partial charge in [0.1, 0.15) is 0 Å². The summed E-state index contributed by atoms with van der Waals surface area (Å²) in [6.45, 7) is 1.87. The predicted octanol–water partition coefficient (Wildman–Crippen LogP) is 4.03. The Bertz CT molecular complexity index is 638. The van der Waals surface area contributed by atoms with E-state index in [-0.39, 0.29) is 16.9 Å². The molecule has 0 N–H and O–H groups in total. The highest BCUT2D eigenvalue weighted by molar-refractivity contribution is 6.35. The van der Waals surface area contributed by atoms with Crippen molar-refractivity contribution in [1.82, 2.24) is 0 Å². The predicted molar refractivity (Wildman–Crippen MR) is 72.6 cm³/mol. The van der Waals surface area contributed by atoms with E-state index in [2.05, 4.69) is 0 Å². The first-order chi connectivity index (χ1) is 9.04. The summed E-state index contributed by atoms with van der Waals surface area (Å²) in [6, 6.07) is 9.47. The fraction of sp³-hybridized carbons (Fsp3) is 0.133. The zero-order valence-electron chi connectivity index (χ0n) is 10.5. The summed E-state index contributed by atoms with van der Waals surface area (Å²) in [5.74, 6) is -1.10. The summed E-state index contributed by atoms with van der Waals surface area (Å²) in [4.78, 5) is 12.3. The van der Waals surface area contributed by atoms with Crippen LogP contribution in [0.15, 0.2) is 36.4 Å². The van der Waals surface area contributed by atoms with Gasteiger partial charge in [-0.3, -0.25) is 4.79 Å². The van der Waals surface area contributed by atoms with E-state index in [1.807, 2.05) is 6.92 Å². The van der Waals surface area contributed by atoms with Gasteiger partial charge in [-0.15, -0.1) is 0 Å². The second-order valence-electron chi connectivity index (χ2n) is 4.13. The van der Waals surface area contributed by atoms with Crippen molar-refractivity contribution in [1.29, 1.82) is 0 Å². The van der Waals surface area contributed by atoms with E-state index in [0.29, 0.717) is 5.02 Å². The van der Waals surface area contributed by atoms with Crippen LogP contribution in [-0.4, -0.2) is 12.9 Å². The van der Waals surface area contributed by atoms with Gasteiger partial charge in [0.25, 0.3) is 0 Å². The molecular weight excluding hydrogens is 267 g/mol. The Hall–Kier alpha value is -1.87. The third kappa shape index (κ3) is 2.61. The molecule has 19 heavy (non-hydrogen) atoms. The fourth-order valence-electron chi connectivity index (χ4n) is 1.79. The molecule has 0 aliphatic heterocycles. The molecule has 2 nitrogen and oxygen atoms in total. The summed E-state index contributed by atoms with van der Waals surface area (Å²) >= 11 is 6.03. The first-order valence-corrected chi connectivity index (χ1v) is 6.05. The molecule has 0 bridgehead atoms. The molecule has 2 rings (SSSR count). The van der Waals surface area contributed by atoms with Crippen molar-refractivity contribution < 1.29 is 13.9 Å². The minimum Gasteiger partial charge on any atom is -0.494 e. The fourth-order valence-corrected chi connectivity index (χ4v) is 2.11. The molecule has 0 atom stereocenters. The van der Waals surface area contributed by atoms with Gasteiger partial charge in [-0.2, -0.15) is 0 Å². The van der Waals surface area contributed by atoms with Crippen molar-refractivity contribution in [2.75, 3.05) is 7.11 Å². The van der Waals surface area contributed by atoms with Crippen LogP contribution >= 0.6 is 11.6 Å². The number of aryl methyl sites for hydroxylation is 1. The maximum atomic E-state index is 14.0. The molecular formula is C15H12ClFO2. The van der Waals surface area contributed by atoms with E-state index >= 15 is 0 Å².